The highest BCUT2D eigenvalue weighted by Gasteiger charge is 2.11. The molecule has 0 aliphatic heterocycles. The third kappa shape index (κ3) is 3.67. The average Bonchev–Trinajstić information content (AvgIpc) is 2.98. The molecule has 23 heavy (non-hydrogen) atoms. The number of carbonyl (C=O) groups is 1. The zero-order chi connectivity index (χ0) is 16.2. The highest BCUT2D eigenvalue weighted by molar-refractivity contribution is 7.12. The van der Waals surface area contributed by atoms with Gasteiger partial charge in [-0.1, -0.05) is 11.6 Å². The molecule has 0 saturated heterocycles. The van der Waals surface area contributed by atoms with Crippen LogP contribution in [0.2, 0.25) is 5.02 Å². The van der Waals surface area contributed by atoms with Gasteiger partial charge in [0.2, 0.25) is 5.88 Å². The molecule has 0 aliphatic rings. The van der Waals surface area contributed by atoms with Gasteiger partial charge >= 0.3 is 0 Å². The molecule has 0 fully saturated rings. The Kier molecular flexibility index (Phi) is 4.55. The lowest BCUT2D eigenvalue weighted by Crippen LogP contribution is -2.11. The second-order valence-electron chi connectivity index (χ2n) is 4.69. The van der Waals surface area contributed by atoms with Crippen LogP contribution in [0.25, 0.3) is 0 Å². The Morgan fingerprint density at radius 2 is 2.04 bits per heavy atom. The number of hydrogen-bond donors (Lipinski definition) is 1. The molecule has 1 aromatic carbocycles. The monoisotopic (exact) mass is 345 g/mol. The number of ether oxygens (including phenoxy) is 1. The third-order valence-electron chi connectivity index (χ3n) is 3.03. The quantitative estimate of drug-likeness (QED) is 0.753. The van der Waals surface area contributed by atoms with E-state index in [-0.39, 0.29) is 11.8 Å². The number of amides is 1. The predicted molar refractivity (Wildman–Crippen MR) is 90.6 cm³/mol. The predicted octanol–water partition coefficient (Wildman–Crippen LogP) is 4.54. The minimum absolute atomic E-state index is 0.120. The van der Waals surface area contributed by atoms with Crippen LogP contribution in [0.3, 0.4) is 0 Å². The molecule has 0 saturated carbocycles. The molecule has 1 N–H and O–H groups in total. The van der Waals surface area contributed by atoms with E-state index < -0.39 is 0 Å². The fraction of sp³-hybridized carbons (Fsp3) is 0.0625. The van der Waals surface area contributed by atoms with Gasteiger partial charge < -0.3 is 10.1 Å². The minimum atomic E-state index is -0.120. The Bertz CT molecular complexity index is 833. The van der Waals surface area contributed by atoms with Crippen molar-refractivity contribution in [3.8, 4) is 11.6 Å². The van der Waals surface area contributed by atoms with Gasteiger partial charge in [0.1, 0.15) is 17.1 Å². The summed E-state index contributed by atoms with van der Waals surface area (Å²) in [6.07, 6.45) is 2.82. The maximum absolute atomic E-state index is 12.2. The Balaban J connectivity index is 1.69. The summed E-state index contributed by atoms with van der Waals surface area (Å²) in [6, 6.07) is 8.89. The van der Waals surface area contributed by atoms with E-state index in [1.54, 1.807) is 24.3 Å². The molecular formula is C16H12ClN3O2S. The van der Waals surface area contributed by atoms with Crippen LogP contribution in [0.4, 0.5) is 5.69 Å². The van der Waals surface area contributed by atoms with Gasteiger partial charge in [0.05, 0.1) is 11.1 Å². The number of aromatic nitrogens is 2. The number of thiophene rings is 1. The summed E-state index contributed by atoms with van der Waals surface area (Å²) >= 11 is 7.36. The molecule has 0 aliphatic carbocycles. The van der Waals surface area contributed by atoms with Crippen molar-refractivity contribution < 1.29 is 9.53 Å². The number of nitrogens with one attached hydrogen (secondary N) is 1. The lowest BCUT2D eigenvalue weighted by molar-refractivity contribution is 0.103. The van der Waals surface area contributed by atoms with Crippen LogP contribution in [-0.4, -0.2) is 15.9 Å². The summed E-state index contributed by atoms with van der Waals surface area (Å²) in [6.45, 7) is 1.91. The molecule has 2 aromatic heterocycles. The number of benzene rings is 1. The van der Waals surface area contributed by atoms with E-state index >= 15 is 0 Å². The van der Waals surface area contributed by atoms with Gasteiger partial charge in [0.25, 0.3) is 5.91 Å². The Hall–Kier alpha value is -2.44. The van der Waals surface area contributed by atoms with Crippen LogP contribution < -0.4 is 10.1 Å². The first kappa shape index (κ1) is 15.5. The fourth-order valence-corrected chi connectivity index (χ4v) is 2.85. The zero-order valence-corrected chi connectivity index (χ0v) is 13.7. The molecule has 0 unspecified atom stereocenters. The molecule has 7 heteroatoms. The summed E-state index contributed by atoms with van der Waals surface area (Å²) < 4.78 is 5.57. The van der Waals surface area contributed by atoms with Crippen LogP contribution in [0.15, 0.2) is 48.2 Å². The van der Waals surface area contributed by atoms with Crippen LogP contribution in [0, 0.1) is 6.92 Å². The first-order chi connectivity index (χ1) is 11.1. The van der Waals surface area contributed by atoms with E-state index in [1.807, 2.05) is 18.4 Å². The number of aryl methyl sites for hydroxylation is 1. The number of anilines is 1. The lowest BCUT2D eigenvalue weighted by Gasteiger charge is -2.08. The number of hydrogen-bond acceptors (Lipinski definition) is 5. The van der Waals surface area contributed by atoms with E-state index in [0.717, 1.165) is 5.56 Å². The van der Waals surface area contributed by atoms with Crippen LogP contribution in [0.5, 0.6) is 11.6 Å². The molecule has 3 aromatic rings. The molecule has 0 bridgehead atoms. The van der Waals surface area contributed by atoms with Gasteiger partial charge in [0, 0.05) is 5.69 Å². The zero-order valence-electron chi connectivity index (χ0n) is 12.1. The molecule has 5 nitrogen and oxygen atoms in total. The summed E-state index contributed by atoms with van der Waals surface area (Å²) in [5, 5.41) is 5.08. The normalized spacial score (nSPS) is 10.3. The first-order valence-electron chi connectivity index (χ1n) is 6.72. The summed E-state index contributed by atoms with van der Waals surface area (Å²) in [5.74, 6) is 0.730. The Morgan fingerprint density at radius 3 is 2.70 bits per heavy atom. The number of rotatable bonds is 4. The molecule has 0 radical (unpaired) electrons. The van der Waals surface area contributed by atoms with Crippen molar-refractivity contribution in [2.45, 2.75) is 6.92 Å². The SMILES string of the molecule is Cc1ccsc1C(=O)Nc1ccc(Oc2ncncc2Cl)cc1. The van der Waals surface area contributed by atoms with Crippen molar-refractivity contribution in [3.05, 3.63) is 63.7 Å². The maximum atomic E-state index is 12.2. The third-order valence-corrected chi connectivity index (χ3v) is 4.30. The van der Waals surface area contributed by atoms with Gasteiger partial charge in [-0.2, -0.15) is 0 Å². The molecule has 0 spiro atoms. The van der Waals surface area contributed by atoms with Crippen molar-refractivity contribution in [2.24, 2.45) is 0 Å². The standard InChI is InChI=1S/C16H12ClN3O2S/c1-10-6-7-23-14(10)15(21)20-11-2-4-12(5-3-11)22-16-13(17)8-18-9-19-16/h2-9H,1H3,(H,20,21). The molecular weight excluding hydrogens is 334 g/mol. The number of carbonyl (C=O) groups excluding carboxylic acids is 1. The van der Waals surface area contributed by atoms with Crippen molar-refractivity contribution in [1.29, 1.82) is 0 Å². The van der Waals surface area contributed by atoms with Gasteiger partial charge in [-0.15, -0.1) is 11.3 Å². The van der Waals surface area contributed by atoms with E-state index in [0.29, 0.717) is 21.3 Å². The first-order valence-corrected chi connectivity index (χ1v) is 7.98. The van der Waals surface area contributed by atoms with Crippen LogP contribution in [-0.2, 0) is 0 Å². The second kappa shape index (κ2) is 6.76. The van der Waals surface area contributed by atoms with Gasteiger partial charge in [-0.25, -0.2) is 9.97 Å². The smallest absolute Gasteiger partial charge is 0.265 e. The Labute approximate surface area is 141 Å². The van der Waals surface area contributed by atoms with E-state index in [2.05, 4.69) is 15.3 Å². The molecule has 1 amide bonds. The van der Waals surface area contributed by atoms with E-state index in [1.165, 1.54) is 23.9 Å². The van der Waals surface area contributed by atoms with Crippen molar-refractivity contribution in [3.63, 3.8) is 0 Å². The van der Waals surface area contributed by atoms with E-state index in [4.69, 9.17) is 16.3 Å². The van der Waals surface area contributed by atoms with Crippen molar-refractivity contribution in [2.75, 3.05) is 5.32 Å². The van der Waals surface area contributed by atoms with Gasteiger partial charge in [-0.05, 0) is 48.2 Å². The largest absolute Gasteiger partial charge is 0.437 e. The summed E-state index contributed by atoms with van der Waals surface area (Å²) in [5.41, 5.74) is 1.65. The topological polar surface area (TPSA) is 64.1 Å². The lowest BCUT2D eigenvalue weighted by atomic mass is 10.2. The van der Waals surface area contributed by atoms with Crippen LogP contribution in [0.1, 0.15) is 15.2 Å². The summed E-state index contributed by atoms with van der Waals surface area (Å²) in [7, 11) is 0. The number of halogens is 1. The Morgan fingerprint density at radius 1 is 1.26 bits per heavy atom. The second-order valence-corrected chi connectivity index (χ2v) is 6.01. The minimum Gasteiger partial charge on any atom is -0.437 e. The van der Waals surface area contributed by atoms with Crippen LogP contribution >= 0.6 is 22.9 Å². The maximum Gasteiger partial charge on any atom is 0.265 e. The summed E-state index contributed by atoms with van der Waals surface area (Å²) in [4.78, 5) is 20.6. The van der Waals surface area contributed by atoms with E-state index in [9.17, 15) is 4.79 Å². The van der Waals surface area contributed by atoms with Crippen molar-refractivity contribution >= 4 is 34.5 Å². The molecule has 3 rings (SSSR count). The fourth-order valence-electron chi connectivity index (χ4n) is 1.89. The van der Waals surface area contributed by atoms with Crippen molar-refractivity contribution in [1.82, 2.24) is 9.97 Å². The average molecular weight is 346 g/mol. The highest BCUT2D eigenvalue weighted by atomic mass is 35.5. The molecule has 2 heterocycles. The molecule has 0 atom stereocenters. The number of nitrogens with zero attached hydrogens (tertiary/aromatic N) is 2. The van der Waals surface area contributed by atoms with Gasteiger partial charge in [0.15, 0.2) is 0 Å². The molecule has 116 valence electrons. The highest BCUT2D eigenvalue weighted by Crippen LogP contribution is 2.27. The van der Waals surface area contributed by atoms with Gasteiger partial charge in [-0.3, -0.25) is 4.79 Å².